The van der Waals surface area contributed by atoms with E-state index in [1.807, 2.05) is 47.4 Å². The van der Waals surface area contributed by atoms with Crippen LogP contribution in [-0.2, 0) is 19.4 Å². The van der Waals surface area contributed by atoms with Crippen molar-refractivity contribution in [2.24, 2.45) is 5.73 Å². The van der Waals surface area contributed by atoms with Gasteiger partial charge in [0.1, 0.15) is 0 Å². The molecule has 3 aromatic rings. The van der Waals surface area contributed by atoms with Gasteiger partial charge >= 0.3 is 0 Å². The lowest BCUT2D eigenvalue weighted by atomic mass is 9.99. The number of hydrogen-bond acceptors (Lipinski definition) is 2. The van der Waals surface area contributed by atoms with E-state index < -0.39 is 5.91 Å². The average molecular weight is 399 g/mol. The summed E-state index contributed by atoms with van der Waals surface area (Å²) in [4.78, 5) is 27.5. The molecule has 0 aliphatic heterocycles. The highest BCUT2D eigenvalue weighted by atomic mass is 16.2. The number of primary amides is 1. The minimum atomic E-state index is -0.474. The SMILES string of the molecule is CCc1ccc2c(c1)[C@H](N(Cc1ccccc1C(N)=O)C(=O)c1ccccc1)CC2. The number of nitrogens with two attached hydrogens (primary N) is 1. The van der Waals surface area contributed by atoms with E-state index >= 15 is 0 Å². The van der Waals surface area contributed by atoms with Crippen molar-refractivity contribution in [1.82, 2.24) is 4.90 Å². The Bertz CT molecular complexity index is 1080. The second-order valence-corrected chi connectivity index (χ2v) is 7.76. The smallest absolute Gasteiger partial charge is 0.254 e. The van der Waals surface area contributed by atoms with Gasteiger partial charge in [-0.2, -0.15) is 0 Å². The summed E-state index contributed by atoms with van der Waals surface area (Å²) >= 11 is 0. The zero-order valence-corrected chi connectivity index (χ0v) is 17.2. The van der Waals surface area contributed by atoms with Gasteiger partial charge in [0.05, 0.1) is 6.04 Å². The van der Waals surface area contributed by atoms with E-state index in [2.05, 4.69) is 25.1 Å². The van der Waals surface area contributed by atoms with Gasteiger partial charge in [0.2, 0.25) is 5.91 Å². The molecular weight excluding hydrogens is 372 g/mol. The van der Waals surface area contributed by atoms with E-state index in [1.54, 1.807) is 12.1 Å². The minimum Gasteiger partial charge on any atom is -0.366 e. The van der Waals surface area contributed by atoms with Crippen molar-refractivity contribution in [2.75, 3.05) is 0 Å². The number of benzene rings is 3. The molecule has 2 amide bonds. The first-order chi connectivity index (χ1) is 14.6. The molecule has 0 aromatic heterocycles. The third kappa shape index (κ3) is 3.86. The van der Waals surface area contributed by atoms with Crippen molar-refractivity contribution in [3.63, 3.8) is 0 Å². The minimum absolute atomic E-state index is 0.0276. The summed E-state index contributed by atoms with van der Waals surface area (Å²) in [6.07, 6.45) is 2.77. The van der Waals surface area contributed by atoms with Crippen LogP contribution in [0, 0.1) is 0 Å². The quantitative estimate of drug-likeness (QED) is 0.655. The largest absolute Gasteiger partial charge is 0.366 e. The summed E-state index contributed by atoms with van der Waals surface area (Å²) in [7, 11) is 0. The lowest BCUT2D eigenvalue weighted by Crippen LogP contribution is -2.34. The molecular formula is C26H26N2O2. The molecule has 152 valence electrons. The fourth-order valence-electron chi connectivity index (χ4n) is 4.33. The predicted molar refractivity (Wildman–Crippen MR) is 118 cm³/mol. The van der Waals surface area contributed by atoms with Crippen molar-refractivity contribution in [2.45, 2.75) is 38.8 Å². The van der Waals surface area contributed by atoms with Crippen LogP contribution >= 0.6 is 0 Å². The summed E-state index contributed by atoms with van der Waals surface area (Å²) in [5.74, 6) is -0.507. The maximum Gasteiger partial charge on any atom is 0.254 e. The second-order valence-electron chi connectivity index (χ2n) is 7.76. The van der Waals surface area contributed by atoms with Crippen LogP contribution in [0.1, 0.15) is 62.4 Å². The van der Waals surface area contributed by atoms with Crippen molar-refractivity contribution in [3.8, 4) is 0 Å². The van der Waals surface area contributed by atoms with Gasteiger partial charge in [0.15, 0.2) is 0 Å². The number of rotatable bonds is 6. The Balaban J connectivity index is 1.77. The predicted octanol–water partition coefficient (Wildman–Crippen LogP) is 4.68. The van der Waals surface area contributed by atoms with E-state index in [-0.39, 0.29) is 11.9 Å². The summed E-state index contributed by atoms with van der Waals surface area (Å²) in [5.41, 5.74) is 11.3. The first kappa shape index (κ1) is 19.9. The van der Waals surface area contributed by atoms with Crippen molar-refractivity contribution in [1.29, 1.82) is 0 Å². The highest BCUT2D eigenvalue weighted by Crippen LogP contribution is 2.38. The Morgan fingerprint density at radius 3 is 2.47 bits per heavy atom. The third-order valence-electron chi connectivity index (χ3n) is 5.95. The molecule has 0 saturated carbocycles. The van der Waals surface area contributed by atoms with E-state index in [9.17, 15) is 9.59 Å². The zero-order chi connectivity index (χ0) is 21.1. The van der Waals surface area contributed by atoms with Gasteiger partial charge < -0.3 is 10.6 Å². The molecule has 4 nitrogen and oxygen atoms in total. The Morgan fingerprint density at radius 1 is 1.00 bits per heavy atom. The van der Waals surface area contributed by atoms with E-state index in [0.717, 1.165) is 24.8 Å². The Morgan fingerprint density at radius 2 is 1.73 bits per heavy atom. The standard InChI is InChI=1S/C26H26N2O2/c1-2-18-12-13-19-14-15-24(23(19)16-18)28(26(30)20-8-4-3-5-9-20)17-21-10-6-7-11-22(21)25(27)29/h3-13,16,24H,2,14-15,17H2,1H3,(H2,27,29)/t24-/m1/s1. The molecule has 1 atom stereocenters. The molecule has 4 rings (SSSR count). The van der Waals surface area contributed by atoms with Crippen LogP contribution in [0.5, 0.6) is 0 Å². The molecule has 0 saturated heterocycles. The summed E-state index contributed by atoms with van der Waals surface area (Å²) < 4.78 is 0. The number of aryl methyl sites for hydroxylation is 2. The Hall–Kier alpha value is -3.40. The number of carbonyl (C=O) groups excluding carboxylic acids is 2. The van der Waals surface area contributed by atoms with Crippen LogP contribution in [0.4, 0.5) is 0 Å². The maximum atomic E-state index is 13.6. The fraction of sp³-hybridized carbons (Fsp3) is 0.231. The van der Waals surface area contributed by atoms with Gasteiger partial charge in [-0.1, -0.05) is 61.5 Å². The fourth-order valence-corrected chi connectivity index (χ4v) is 4.33. The summed E-state index contributed by atoms with van der Waals surface area (Å²) in [5, 5.41) is 0. The van der Waals surface area contributed by atoms with Crippen LogP contribution in [0.3, 0.4) is 0 Å². The topological polar surface area (TPSA) is 63.4 Å². The first-order valence-corrected chi connectivity index (χ1v) is 10.4. The van der Waals surface area contributed by atoms with Crippen LogP contribution in [-0.4, -0.2) is 16.7 Å². The van der Waals surface area contributed by atoms with Crippen LogP contribution in [0.25, 0.3) is 0 Å². The molecule has 0 radical (unpaired) electrons. The number of hydrogen-bond donors (Lipinski definition) is 1. The van der Waals surface area contributed by atoms with Crippen molar-refractivity contribution < 1.29 is 9.59 Å². The first-order valence-electron chi connectivity index (χ1n) is 10.4. The normalized spacial score (nSPS) is 14.9. The molecule has 1 aliphatic rings. The lowest BCUT2D eigenvalue weighted by molar-refractivity contribution is 0.0656. The van der Waals surface area contributed by atoms with Crippen molar-refractivity contribution >= 4 is 11.8 Å². The average Bonchev–Trinajstić information content (AvgIpc) is 3.20. The summed E-state index contributed by atoms with van der Waals surface area (Å²) in [6.45, 7) is 2.48. The van der Waals surface area contributed by atoms with Gasteiger partial charge in [0.25, 0.3) is 5.91 Å². The number of fused-ring (bicyclic) bond motifs is 1. The molecule has 0 spiro atoms. The Labute approximate surface area is 177 Å². The molecule has 4 heteroatoms. The molecule has 0 unspecified atom stereocenters. The highest BCUT2D eigenvalue weighted by Gasteiger charge is 2.32. The maximum absolute atomic E-state index is 13.6. The second kappa shape index (κ2) is 8.54. The van der Waals surface area contributed by atoms with Crippen LogP contribution in [0.15, 0.2) is 72.8 Å². The van der Waals surface area contributed by atoms with E-state index in [1.165, 1.54) is 16.7 Å². The summed E-state index contributed by atoms with van der Waals surface area (Å²) in [6, 6.07) is 23.2. The molecule has 3 aromatic carbocycles. The van der Waals surface area contributed by atoms with E-state index in [0.29, 0.717) is 17.7 Å². The molecule has 30 heavy (non-hydrogen) atoms. The Kier molecular flexibility index (Phi) is 5.66. The van der Waals surface area contributed by atoms with Crippen molar-refractivity contribution in [3.05, 3.63) is 106 Å². The molecule has 0 bridgehead atoms. The monoisotopic (exact) mass is 398 g/mol. The third-order valence-corrected chi connectivity index (χ3v) is 5.95. The molecule has 0 heterocycles. The van der Waals surface area contributed by atoms with E-state index in [4.69, 9.17) is 5.73 Å². The van der Waals surface area contributed by atoms with Gasteiger partial charge in [-0.05, 0) is 59.7 Å². The molecule has 2 N–H and O–H groups in total. The van der Waals surface area contributed by atoms with Crippen LogP contribution < -0.4 is 5.73 Å². The zero-order valence-electron chi connectivity index (χ0n) is 17.2. The number of amides is 2. The van der Waals surface area contributed by atoms with Gasteiger partial charge in [-0.25, -0.2) is 0 Å². The molecule has 0 fully saturated rings. The molecule has 1 aliphatic carbocycles. The van der Waals surface area contributed by atoms with Gasteiger partial charge in [-0.15, -0.1) is 0 Å². The van der Waals surface area contributed by atoms with Crippen LogP contribution in [0.2, 0.25) is 0 Å². The number of nitrogens with zero attached hydrogens (tertiary/aromatic N) is 1. The van der Waals surface area contributed by atoms with Gasteiger partial charge in [0, 0.05) is 17.7 Å². The number of carbonyl (C=O) groups is 2. The van der Waals surface area contributed by atoms with Gasteiger partial charge in [-0.3, -0.25) is 9.59 Å². The highest BCUT2D eigenvalue weighted by molar-refractivity contribution is 5.96. The lowest BCUT2D eigenvalue weighted by Gasteiger charge is -2.31.